The van der Waals surface area contributed by atoms with Crippen LogP contribution in [0.5, 0.6) is 0 Å². The third-order valence-electron chi connectivity index (χ3n) is 5.83. The van der Waals surface area contributed by atoms with Gasteiger partial charge in [-0.1, -0.05) is 84.9 Å². The van der Waals surface area contributed by atoms with Crippen molar-refractivity contribution in [2.75, 3.05) is 6.54 Å². The summed E-state index contributed by atoms with van der Waals surface area (Å²) in [5.74, 6) is 0.793. The van der Waals surface area contributed by atoms with Gasteiger partial charge in [-0.3, -0.25) is 4.79 Å². The molecule has 1 amide bonds. The zero-order valence-electron chi connectivity index (χ0n) is 16.2. The van der Waals surface area contributed by atoms with Crippen LogP contribution >= 0.6 is 0 Å². The number of fused-ring (bicyclic) bond motifs is 1. The fourth-order valence-electron chi connectivity index (χ4n) is 4.30. The van der Waals surface area contributed by atoms with Gasteiger partial charge in [0.05, 0.1) is 0 Å². The second kappa shape index (κ2) is 8.88. The third kappa shape index (κ3) is 4.51. The number of aryl methyl sites for hydroxylation is 1. The summed E-state index contributed by atoms with van der Waals surface area (Å²) in [6.45, 7) is 0.635. The second-order valence-electron chi connectivity index (χ2n) is 7.76. The highest BCUT2D eigenvalue weighted by molar-refractivity contribution is 5.76. The van der Waals surface area contributed by atoms with Crippen LogP contribution in [0.25, 0.3) is 0 Å². The lowest BCUT2D eigenvalue weighted by molar-refractivity contribution is -0.122. The first-order chi connectivity index (χ1) is 13.8. The monoisotopic (exact) mass is 369 g/mol. The van der Waals surface area contributed by atoms with Gasteiger partial charge in [0.15, 0.2) is 0 Å². The van der Waals surface area contributed by atoms with Crippen molar-refractivity contribution in [3.63, 3.8) is 0 Å². The molecule has 2 heteroatoms. The van der Waals surface area contributed by atoms with E-state index < -0.39 is 0 Å². The minimum absolute atomic E-state index is 0.168. The summed E-state index contributed by atoms with van der Waals surface area (Å²) >= 11 is 0. The topological polar surface area (TPSA) is 29.1 Å². The quantitative estimate of drug-likeness (QED) is 0.641. The number of rotatable bonds is 6. The number of hydrogen-bond acceptors (Lipinski definition) is 1. The number of amides is 1. The summed E-state index contributed by atoms with van der Waals surface area (Å²) in [6.07, 6.45) is 3.82. The predicted molar refractivity (Wildman–Crippen MR) is 114 cm³/mol. The van der Waals surface area contributed by atoms with Crippen molar-refractivity contribution in [2.45, 2.75) is 31.6 Å². The Morgan fingerprint density at radius 1 is 0.821 bits per heavy atom. The third-order valence-corrected chi connectivity index (χ3v) is 5.83. The van der Waals surface area contributed by atoms with E-state index in [2.05, 4.69) is 78.1 Å². The normalized spacial score (nSPS) is 15.8. The molecule has 0 bridgehead atoms. The zero-order chi connectivity index (χ0) is 19.2. The van der Waals surface area contributed by atoms with Crippen LogP contribution in [0.15, 0.2) is 84.9 Å². The molecule has 4 rings (SSSR count). The predicted octanol–water partition coefficient (Wildman–Crippen LogP) is 5.13. The van der Waals surface area contributed by atoms with Crippen LogP contribution in [0.1, 0.15) is 41.0 Å². The highest BCUT2D eigenvalue weighted by Crippen LogP contribution is 2.28. The molecule has 1 atom stereocenters. The Bertz CT molecular complexity index is 864. The number of hydrogen-bond donors (Lipinski definition) is 1. The average Bonchev–Trinajstić information content (AvgIpc) is 2.75. The summed E-state index contributed by atoms with van der Waals surface area (Å²) < 4.78 is 0. The number of benzene rings is 3. The van der Waals surface area contributed by atoms with E-state index in [0.717, 1.165) is 19.3 Å². The van der Waals surface area contributed by atoms with Crippen LogP contribution in [0.4, 0.5) is 0 Å². The standard InChI is InChI=1S/C26H27NO/c28-26(18-20-15-16-21-9-7-8-14-24(21)17-20)27-19-25(22-10-3-1-4-11-22)23-12-5-2-6-13-23/h1-14,20,25H,15-19H2,(H,27,28). The lowest BCUT2D eigenvalue weighted by atomic mass is 9.82. The number of nitrogens with one attached hydrogen (secondary N) is 1. The molecule has 0 fully saturated rings. The molecule has 1 N–H and O–H groups in total. The number of carbonyl (C=O) groups is 1. The lowest BCUT2D eigenvalue weighted by Gasteiger charge is -2.25. The van der Waals surface area contributed by atoms with E-state index in [1.54, 1.807) is 0 Å². The van der Waals surface area contributed by atoms with Crippen LogP contribution in [0.2, 0.25) is 0 Å². The van der Waals surface area contributed by atoms with E-state index in [9.17, 15) is 4.79 Å². The van der Waals surface area contributed by atoms with Gasteiger partial charge in [0.25, 0.3) is 0 Å². The largest absolute Gasteiger partial charge is 0.355 e. The molecule has 2 nitrogen and oxygen atoms in total. The summed E-state index contributed by atoms with van der Waals surface area (Å²) in [7, 11) is 0. The molecule has 0 aliphatic heterocycles. The highest BCUT2D eigenvalue weighted by atomic mass is 16.1. The first-order valence-electron chi connectivity index (χ1n) is 10.2. The Kier molecular flexibility index (Phi) is 5.86. The molecule has 1 unspecified atom stereocenters. The summed E-state index contributed by atoms with van der Waals surface area (Å²) in [6, 6.07) is 29.5. The Balaban J connectivity index is 1.38. The van der Waals surface area contributed by atoms with Crippen molar-refractivity contribution in [1.82, 2.24) is 5.32 Å². The average molecular weight is 370 g/mol. The molecule has 28 heavy (non-hydrogen) atoms. The van der Waals surface area contributed by atoms with Crippen LogP contribution in [0, 0.1) is 5.92 Å². The molecule has 0 saturated carbocycles. The van der Waals surface area contributed by atoms with Gasteiger partial charge in [0.2, 0.25) is 5.91 Å². The zero-order valence-corrected chi connectivity index (χ0v) is 16.2. The molecule has 142 valence electrons. The van der Waals surface area contributed by atoms with Crippen molar-refractivity contribution in [3.05, 3.63) is 107 Å². The van der Waals surface area contributed by atoms with Crippen LogP contribution in [-0.4, -0.2) is 12.5 Å². The molecule has 0 saturated heterocycles. The SMILES string of the molecule is O=C(CC1CCc2ccccc2C1)NCC(c1ccccc1)c1ccccc1. The van der Waals surface area contributed by atoms with Crippen molar-refractivity contribution in [2.24, 2.45) is 5.92 Å². The fourth-order valence-corrected chi connectivity index (χ4v) is 4.30. The minimum atomic E-state index is 0.168. The molecular formula is C26H27NO. The van der Waals surface area contributed by atoms with E-state index in [0.29, 0.717) is 18.9 Å². The van der Waals surface area contributed by atoms with E-state index in [4.69, 9.17) is 0 Å². The molecular weight excluding hydrogens is 342 g/mol. The van der Waals surface area contributed by atoms with Gasteiger partial charge in [-0.05, 0) is 47.4 Å². The Hall–Kier alpha value is -2.87. The Morgan fingerprint density at radius 3 is 2.04 bits per heavy atom. The van der Waals surface area contributed by atoms with Crippen LogP contribution < -0.4 is 5.32 Å². The van der Waals surface area contributed by atoms with Crippen molar-refractivity contribution in [1.29, 1.82) is 0 Å². The number of carbonyl (C=O) groups excluding carboxylic acids is 1. The van der Waals surface area contributed by atoms with Crippen molar-refractivity contribution in [3.8, 4) is 0 Å². The first kappa shape index (κ1) is 18.5. The molecule has 0 spiro atoms. The van der Waals surface area contributed by atoms with Crippen molar-refractivity contribution < 1.29 is 4.79 Å². The summed E-state index contributed by atoms with van der Waals surface area (Å²) in [5, 5.41) is 3.21. The van der Waals surface area contributed by atoms with Crippen LogP contribution in [0.3, 0.4) is 0 Å². The maximum atomic E-state index is 12.7. The van der Waals surface area contributed by atoms with Gasteiger partial charge in [0, 0.05) is 18.9 Å². The van der Waals surface area contributed by atoms with Crippen molar-refractivity contribution >= 4 is 5.91 Å². The van der Waals surface area contributed by atoms with E-state index in [-0.39, 0.29) is 11.8 Å². The van der Waals surface area contributed by atoms with Crippen LogP contribution in [-0.2, 0) is 17.6 Å². The molecule has 0 radical (unpaired) electrons. The highest BCUT2D eigenvalue weighted by Gasteiger charge is 2.21. The van der Waals surface area contributed by atoms with Gasteiger partial charge in [0.1, 0.15) is 0 Å². The molecule has 1 aliphatic rings. The lowest BCUT2D eigenvalue weighted by Crippen LogP contribution is -2.31. The smallest absolute Gasteiger partial charge is 0.220 e. The Morgan fingerprint density at radius 2 is 1.39 bits per heavy atom. The second-order valence-corrected chi connectivity index (χ2v) is 7.76. The molecule has 0 aromatic heterocycles. The fraction of sp³-hybridized carbons (Fsp3) is 0.269. The van der Waals surface area contributed by atoms with E-state index in [1.807, 2.05) is 12.1 Å². The van der Waals surface area contributed by atoms with Gasteiger partial charge < -0.3 is 5.32 Å². The summed E-state index contributed by atoms with van der Waals surface area (Å²) in [4.78, 5) is 12.7. The van der Waals surface area contributed by atoms with Gasteiger partial charge in [-0.25, -0.2) is 0 Å². The molecule has 3 aromatic carbocycles. The van der Waals surface area contributed by atoms with Gasteiger partial charge in [-0.2, -0.15) is 0 Å². The van der Waals surface area contributed by atoms with Gasteiger partial charge in [-0.15, -0.1) is 0 Å². The first-order valence-corrected chi connectivity index (χ1v) is 10.2. The summed E-state index contributed by atoms with van der Waals surface area (Å²) in [5.41, 5.74) is 5.34. The minimum Gasteiger partial charge on any atom is -0.355 e. The molecule has 0 heterocycles. The van der Waals surface area contributed by atoms with Gasteiger partial charge >= 0.3 is 0 Å². The van der Waals surface area contributed by atoms with E-state index in [1.165, 1.54) is 22.3 Å². The molecule has 3 aromatic rings. The maximum absolute atomic E-state index is 12.7. The Labute approximate surface area is 167 Å². The van der Waals surface area contributed by atoms with E-state index >= 15 is 0 Å². The maximum Gasteiger partial charge on any atom is 0.220 e. The molecule has 1 aliphatic carbocycles.